The van der Waals surface area contributed by atoms with Gasteiger partial charge < -0.3 is 29.0 Å². The molecule has 3 aromatic rings. The molecule has 5 atom stereocenters. The second-order valence-electron chi connectivity index (χ2n) is 18.6. The van der Waals surface area contributed by atoms with Crippen molar-refractivity contribution in [1.82, 2.24) is 15.1 Å². The van der Waals surface area contributed by atoms with Crippen molar-refractivity contribution in [2.75, 3.05) is 37.8 Å². The zero-order valence-corrected chi connectivity index (χ0v) is 40.4. The highest BCUT2D eigenvalue weighted by molar-refractivity contribution is 8.14. The molecule has 0 spiro atoms. The van der Waals surface area contributed by atoms with Crippen LogP contribution >= 0.6 is 42.5 Å². The zero-order chi connectivity index (χ0) is 46.6. The summed E-state index contributed by atoms with van der Waals surface area (Å²) in [6, 6.07) is 12.6. The summed E-state index contributed by atoms with van der Waals surface area (Å²) in [5.41, 5.74) is -5.21. The first kappa shape index (κ1) is 49.8. The maximum atomic E-state index is 16.5. The van der Waals surface area contributed by atoms with Gasteiger partial charge in [0.25, 0.3) is 5.91 Å². The number of hydrogen-bond acceptors (Lipinski definition) is 11. The fraction of sp³-hybridized carbons (Fsp3) is 0.565. The molecule has 346 valence electrons. The van der Waals surface area contributed by atoms with Gasteiger partial charge in [-0.2, -0.15) is 8.78 Å². The van der Waals surface area contributed by atoms with Crippen LogP contribution in [0.2, 0.25) is 0 Å². The molecular formula is C46H57F2N4O8PS3. The average molecular weight is 959 g/mol. The molecule has 0 radical (unpaired) electrons. The van der Waals surface area contributed by atoms with E-state index in [0.29, 0.717) is 36.9 Å². The van der Waals surface area contributed by atoms with E-state index in [1.165, 1.54) is 12.1 Å². The van der Waals surface area contributed by atoms with Gasteiger partial charge in [0, 0.05) is 45.2 Å². The highest BCUT2D eigenvalue weighted by Crippen LogP contribution is 2.67. The summed E-state index contributed by atoms with van der Waals surface area (Å²) in [5.74, 6) is -1.32. The van der Waals surface area contributed by atoms with Crippen molar-refractivity contribution in [2.45, 2.75) is 116 Å². The van der Waals surface area contributed by atoms with Crippen LogP contribution in [0.15, 0.2) is 54.6 Å². The number of nitrogens with one attached hydrogen (secondary N) is 1. The second-order valence-corrected chi connectivity index (χ2v) is 23.9. The summed E-state index contributed by atoms with van der Waals surface area (Å²) in [4.78, 5) is 74.7. The first-order chi connectivity index (χ1) is 30.1. The van der Waals surface area contributed by atoms with Gasteiger partial charge in [0.15, 0.2) is 10.2 Å². The molecule has 6 rings (SSSR count). The molecule has 0 saturated carbocycles. The lowest BCUT2D eigenvalue weighted by atomic mass is 9.95. The van der Waals surface area contributed by atoms with E-state index in [1.54, 1.807) is 51.3 Å². The molecule has 0 bridgehead atoms. The molecule has 12 nitrogen and oxygen atoms in total. The number of carbonyl (C=O) groups excluding carboxylic acids is 5. The number of fused-ring (bicyclic) bond motifs is 2. The van der Waals surface area contributed by atoms with E-state index in [0.717, 1.165) is 65.4 Å². The summed E-state index contributed by atoms with van der Waals surface area (Å²) in [6.07, 6.45) is 3.73. The Bertz CT molecular complexity index is 2270. The van der Waals surface area contributed by atoms with E-state index in [-0.39, 0.29) is 62.3 Å². The van der Waals surface area contributed by atoms with E-state index in [2.05, 4.69) is 10.2 Å². The highest BCUT2D eigenvalue weighted by Gasteiger charge is 2.55. The number of benzene rings is 2. The largest absolute Gasteiger partial charge is 0.404 e. The van der Waals surface area contributed by atoms with Gasteiger partial charge in [-0.1, -0.05) is 114 Å². The number of alkyl halides is 2. The van der Waals surface area contributed by atoms with Gasteiger partial charge in [0.2, 0.25) is 17.9 Å². The standard InChI is InChI=1S/C46H57F2N4O8PS3/c1-44(2,3)42(56)62-23-21-59-61(58,60-22-24-63-43(57)45(4,5)6)46(47,48)31-17-20-37-30(25-31)26-38(64-37)39(53)50-34-16-12-11-15-32-18-19-36(52(32)40(34)54)41(55)51-27-33(35(28-51)49-7)29-13-9-8-10-14-29/h8-10,13-14,17,20,25-26,32-36H,11-12,15-16,18-19,21-24,27-28H2,1-6H3,(H,50,53)/t32-,33+,34-,35-,36-/m0/s1. The first-order valence-corrected chi connectivity index (χ1v) is 26.0. The molecule has 1 aromatic heterocycles. The third-order valence-corrected chi connectivity index (χ3v) is 17.3. The van der Waals surface area contributed by atoms with Gasteiger partial charge in [0.05, 0.1) is 30.6 Å². The Morgan fingerprint density at radius 3 is 2.11 bits per heavy atom. The van der Waals surface area contributed by atoms with Crippen LogP contribution in [0, 0.1) is 17.4 Å². The number of rotatable bonds is 14. The average Bonchev–Trinajstić information content (AvgIpc) is 4.00. The predicted molar refractivity (Wildman–Crippen MR) is 249 cm³/mol. The minimum atomic E-state index is -5.27. The first-order valence-electron chi connectivity index (χ1n) is 21.6. The Labute approximate surface area is 386 Å². The molecule has 0 aliphatic carbocycles. The molecular weight excluding hydrogens is 902 g/mol. The van der Waals surface area contributed by atoms with E-state index >= 15 is 8.78 Å². The van der Waals surface area contributed by atoms with Gasteiger partial charge in [-0.25, -0.2) is 6.57 Å². The Morgan fingerprint density at radius 2 is 1.50 bits per heavy atom. The number of thioether (sulfide) groups is 2. The third kappa shape index (κ3) is 11.3. The Hall–Kier alpha value is -3.65. The summed E-state index contributed by atoms with van der Waals surface area (Å²) < 4.78 is 58.2. The van der Waals surface area contributed by atoms with Crippen molar-refractivity contribution < 1.29 is 46.4 Å². The molecule has 18 heteroatoms. The molecule has 3 aliphatic rings. The summed E-state index contributed by atoms with van der Waals surface area (Å²) in [5, 5.41) is 2.78. The zero-order valence-electron chi connectivity index (χ0n) is 37.1. The van der Waals surface area contributed by atoms with Gasteiger partial charge >= 0.3 is 13.3 Å². The number of halogens is 2. The van der Waals surface area contributed by atoms with Crippen molar-refractivity contribution in [3.63, 3.8) is 0 Å². The maximum absolute atomic E-state index is 16.5. The lowest BCUT2D eigenvalue weighted by Crippen LogP contribution is -2.56. The molecule has 3 aliphatic heterocycles. The molecule has 2 aromatic carbocycles. The quantitative estimate of drug-likeness (QED) is 0.0943. The molecule has 0 unspecified atom stereocenters. The van der Waals surface area contributed by atoms with Crippen molar-refractivity contribution in [2.24, 2.45) is 10.8 Å². The minimum Gasteiger partial charge on any atom is -0.340 e. The smallest absolute Gasteiger partial charge is 0.340 e. The lowest BCUT2D eigenvalue weighted by molar-refractivity contribution is -0.146. The fourth-order valence-corrected chi connectivity index (χ4v) is 12.5. The van der Waals surface area contributed by atoms with Crippen LogP contribution in [-0.2, 0) is 38.5 Å². The lowest BCUT2D eigenvalue weighted by Gasteiger charge is -2.36. The third-order valence-electron chi connectivity index (χ3n) is 11.7. The van der Waals surface area contributed by atoms with Crippen molar-refractivity contribution in [3.05, 3.63) is 82.0 Å². The SMILES string of the molecule is [C-]#[N+][C@H]1CN(C(=O)[C@@H]2CC[C@@H]3CCCC[C@H](NC(=O)c4cc5cc(C(F)(F)P(=O)(OCCSC(=O)C(C)(C)C)OCCSC(=O)C(C)(C)C)ccc5s4)C(=O)N32)C[C@@H]1c1ccccc1. The van der Waals surface area contributed by atoms with Crippen molar-refractivity contribution in [1.29, 1.82) is 0 Å². The van der Waals surface area contributed by atoms with Crippen LogP contribution in [0.1, 0.15) is 107 Å². The van der Waals surface area contributed by atoms with Gasteiger partial charge in [0.1, 0.15) is 12.1 Å². The van der Waals surface area contributed by atoms with E-state index in [1.807, 2.05) is 30.3 Å². The Balaban J connectivity index is 1.16. The molecule has 4 heterocycles. The second kappa shape index (κ2) is 20.5. The minimum absolute atomic E-state index is 0.0466. The Kier molecular flexibility index (Phi) is 15.9. The highest BCUT2D eigenvalue weighted by atomic mass is 32.2. The molecule has 3 saturated heterocycles. The number of nitrogens with zero attached hydrogens (tertiary/aromatic N) is 3. The van der Waals surface area contributed by atoms with Gasteiger partial charge in [-0.05, 0) is 54.8 Å². The number of likely N-dealkylation sites (tertiary alicyclic amines) is 1. The van der Waals surface area contributed by atoms with Crippen LogP contribution < -0.4 is 5.32 Å². The molecule has 1 N–H and O–H groups in total. The Morgan fingerprint density at radius 1 is 0.875 bits per heavy atom. The monoisotopic (exact) mass is 958 g/mol. The van der Waals surface area contributed by atoms with Crippen LogP contribution in [0.5, 0.6) is 0 Å². The number of carbonyl (C=O) groups is 5. The topological polar surface area (TPSA) is 144 Å². The predicted octanol–water partition coefficient (Wildman–Crippen LogP) is 9.73. The van der Waals surface area contributed by atoms with Gasteiger partial charge in [-0.15, -0.1) is 11.3 Å². The van der Waals surface area contributed by atoms with Crippen molar-refractivity contribution >= 4 is 80.5 Å². The van der Waals surface area contributed by atoms with E-state index in [4.69, 9.17) is 15.6 Å². The van der Waals surface area contributed by atoms with Crippen LogP contribution in [0.4, 0.5) is 8.78 Å². The fourth-order valence-electron chi connectivity index (χ4n) is 8.19. The molecule has 3 fully saturated rings. The van der Waals surface area contributed by atoms with E-state index < -0.39 is 66.9 Å². The maximum Gasteiger partial charge on any atom is 0.404 e. The van der Waals surface area contributed by atoms with Gasteiger partial charge in [-0.3, -0.25) is 28.5 Å². The normalized spacial score (nSPS) is 22.2. The van der Waals surface area contributed by atoms with Crippen LogP contribution in [0.3, 0.4) is 0 Å². The van der Waals surface area contributed by atoms with Crippen LogP contribution in [0.25, 0.3) is 14.9 Å². The van der Waals surface area contributed by atoms with Crippen molar-refractivity contribution in [3.8, 4) is 0 Å². The molecule has 64 heavy (non-hydrogen) atoms. The van der Waals surface area contributed by atoms with E-state index in [9.17, 15) is 28.5 Å². The number of hydrogen-bond donors (Lipinski definition) is 1. The molecule has 3 amide bonds. The number of amides is 3. The summed E-state index contributed by atoms with van der Waals surface area (Å²) in [7, 11) is -5.27. The van der Waals surface area contributed by atoms with Crippen LogP contribution in [-0.4, -0.2) is 99.7 Å². The summed E-state index contributed by atoms with van der Waals surface area (Å²) >= 11 is 2.80. The number of thiophene rings is 1. The summed E-state index contributed by atoms with van der Waals surface area (Å²) in [6.45, 7) is 17.9.